The molecule has 0 saturated heterocycles. The van der Waals surface area contributed by atoms with Crippen molar-refractivity contribution in [3.8, 4) is 11.4 Å². The second-order valence-electron chi connectivity index (χ2n) is 5.21. The van der Waals surface area contributed by atoms with Crippen LogP contribution < -0.4 is 0 Å². The Morgan fingerprint density at radius 3 is 1.81 bits per heavy atom. The highest BCUT2D eigenvalue weighted by molar-refractivity contribution is 5.54. The quantitative estimate of drug-likeness (QED) is 0.759. The Hall–Kier alpha value is -1.84. The summed E-state index contributed by atoms with van der Waals surface area (Å²) >= 11 is 0. The molecule has 0 bridgehead atoms. The summed E-state index contributed by atoms with van der Waals surface area (Å²) in [7, 11) is 0. The van der Waals surface area contributed by atoms with Gasteiger partial charge in [0.25, 0.3) is 0 Å². The number of aryl methyl sites for hydroxylation is 2. The zero-order valence-electron chi connectivity index (χ0n) is 12.8. The number of hydrogen-bond donors (Lipinski definition) is 0. The largest absolute Gasteiger partial charge is 0.218 e. The molecule has 1 aromatic heterocycles. The van der Waals surface area contributed by atoms with Crippen LogP contribution in [0.4, 0.5) is 4.39 Å². The lowest BCUT2D eigenvalue weighted by molar-refractivity contribution is 0.628. The molecule has 0 N–H and O–H groups in total. The Kier molecular flexibility index (Phi) is 5.78. The van der Waals surface area contributed by atoms with E-state index in [1.165, 1.54) is 12.1 Å². The zero-order chi connectivity index (χ0) is 15.1. The summed E-state index contributed by atoms with van der Waals surface area (Å²) in [6.45, 7) is 4.31. The van der Waals surface area contributed by atoms with Crippen molar-refractivity contribution in [1.82, 2.24) is 15.0 Å². The fourth-order valence-electron chi connectivity index (χ4n) is 2.09. The molecule has 112 valence electrons. The highest BCUT2D eigenvalue weighted by Crippen LogP contribution is 2.17. The maximum absolute atomic E-state index is 13.0. The zero-order valence-corrected chi connectivity index (χ0v) is 12.8. The molecular weight excluding hydrogens is 265 g/mol. The van der Waals surface area contributed by atoms with E-state index in [9.17, 15) is 4.39 Å². The van der Waals surface area contributed by atoms with E-state index < -0.39 is 0 Å². The number of aromatic nitrogens is 3. The van der Waals surface area contributed by atoms with Gasteiger partial charge in [-0.15, -0.1) is 0 Å². The van der Waals surface area contributed by atoms with Gasteiger partial charge in [-0.1, -0.05) is 26.7 Å². The third-order valence-corrected chi connectivity index (χ3v) is 3.34. The van der Waals surface area contributed by atoms with Crippen molar-refractivity contribution in [1.29, 1.82) is 0 Å². The van der Waals surface area contributed by atoms with Gasteiger partial charge in [-0.05, 0) is 37.1 Å². The molecular formula is C17H22FN3. The second kappa shape index (κ2) is 7.81. The third kappa shape index (κ3) is 4.59. The predicted molar refractivity (Wildman–Crippen MR) is 82.4 cm³/mol. The van der Waals surface area contributed by atoms with Gasteiger partial charge >= 0.3 is 0 Å². The average molecular weight is 287 g/mol. The molecule has 0 aliphatic heterocycles. The van der Waals surface area contributed by atoms with E-state index in [1.807, 2.05) is 0 Å². The van der Waals surface area contributed by atoms with Crippen LogP contribution in [0.1, 0.15) is 51.2 Å². The fourth-order valence-corrected chi connectivity index (χ4v) is 2.09. The minimum atomic E-state index is -0.245. The van der Waals surface area contributed by atoms with Crippen molar-refractivity contribution in [3.05, 3.63) is 41.7 Å². The molecule has 2 rings (SSSR count). The van der Waals surface area contributed by atoms with Gasteiger partial charge < -0.3 is 0 Å². The molecule has 0 atom stereocenters. The van der Waals surface area contributed by atoms with Crippen molar-refractivity contribution >= 4 is 0 Å². The number of halogens is 1. The van der Waals surface area contributed by atoms with Crippen LogP contribution >= 0.6 is 0 Å². The van der Waals surface area contributed by atoms with Gasteiger partial charge in [0, 0.05) is 18.4 Å². The first-order valence-electron chi connectivity index (χ1n) is 7.72. The molecule has 0 saturated carbocycles. The summed E-state index contributed by atoms with van der Waals surface area (Å²) in [5, 5.41) is 0. The Labute approximate surface area is 125 Å². The van der Waals surface area contributed by atoms with E-state index in [0.29, 0.717) is 5.82 Å². The normalized spacial score (nSPS) is 10.8. The maximum Gasteiger partial charge on any atom is 0.163 e. The number of benzene rings is 1. The molecule has 1 aromatic carbocycles. The summed E-state index contributed by atoms with van der Waals surface area (Å²) < 4.78 is 13.0. The molecule has 0 aliphatic rings. The van der Waals surface area contributed by atoms with Crippen molar-refractivity contribution in [2.75, 3.05) is 0 Å². The fraction of sp³-hybridized carbons (Fsp3) is 0.471. The molecule has 3 nitrogen and oxygen atoms in total. The van der Waals surface area contributed by atoms with E-state index in [0.717, 1.165) is 55.7 Å². The monoisotopic (exact) mass is 287 g/mol. The molecule has 4 heteroatoms. The lowest BCUT2D eigenvalue weighted by Gasteiger charge is -2.07. The van der Waals surface area contributed by atoms with Crippen LogP contribution in [0.25, 0.3) is 11.4 Å². The van der Waals surface area contributed by atoms with Gasteiger partial charge in [0.1, 0.15) is 17.5 Å². The first-order chi connectivity index (χ1) is 10.2. The Bertz CT molecular complexity index is 540. The van der Waals surface area contributed by atoms with Crippen LogP contribution in [0.15, 0.2) is 24.3 Å². The Morgan fingerprint density at radius 1 is 0.810 bits per heavy atom. The van der Waals surface area contributed by atoms with Crippen LogP contribution in [0.5, 0.6) is 0 Å². The summed E-state index contributed by atoms with van der Waals surface area (Å²) in [5.74, 6) is 2.10. The minimum absolute atomic E-state index is 0.245. The highest BCUT2D eigenvalue weighted by Gasteiger charge is 2.08. The SMILES string of the molecule is CCCCc1nc(CCCC)nc(-c2ccc(F)cc2)n1. The topological polar surface area (TPSA) is 38.7 Å². The molecule has 21 heavy (non-hydrogen) atoms. The van der Waals surface area contributed by atoms with Gasteiger partial charge in [0.05, 0.1) is 0 Å². The number of rotatable bonds is 7. The maximum atomic E-state index is 13.0. The average Bonchev–Trinajstić information content (AvgIpc) is 2.51. The standard InChI is InChI=1S/C17H22FN3/c1-3-5-7-15-19-16(8-6-4-2)21-17(20-15)13-9-11-14(18)12-10-13/h9-12H,3-8H2,1-2H3. The van der Waals surface area contributed by atoms with Gasteiger partial charge in [-0.3, -0.25) is 0 Å². The van der Waals surface area contributed by atoms with Gasteiger partial charge in [0.2, 0.25) is 0 Å². The van der Waals surface area contributed by atoms with E-state index in [-0.39, 0.29) is 5.82 Å². The number of nitrogens with zero attached hydrogens (tertiary/aromatic N) is 3. The van der Waals surface area contributed by atoms with Crippen molar-refractivity contribution < 1.29 is 4.39 Å². The van der Waals surface area contributed by atoms with Gasteiger partial charge in [-0.2, -0.15) is 0 Å². The lowest BCUT2D eigenvalue weighted by atomic mass is 10.2. The first kappa shape index (κ1) is 15.5. The molecule has 0 amide bonds. The van der Waals surface area contributed by atoms with Crippen LogP contribution in [0.3, 0.4) is 0 Å². The molecule has 0 aliphatic carbocycles. The van der Waals surface area contributed by atoms with E-state index in [4.69, 9.17) is 0 Å². The van der Waals surface area contributed by atoms with E-state index >= 15 is 0 Å². The predicted octanol–water partition coefficient (Wildman–Crippen LogP) is 4.36. The number of unbranched alkanes of at least 4 members (excludes halogenated alkanes) is 2. The molecule has 0 spiro atoms. The minimum Gasteiger partial charge on any atom is -0.218 e. The number of hydrogen-bond acceptors (Lipinski definition) is 3. The Morgan fingerprint density at radius 2 is 1.33 bits per heavy atom. The summed E-state index contributed by atoms with van der Waals surface area (Å²) in [4.78, 5) is 13.6. The first-order valence-corrected chi connectivity index (χ1v) is 7.72. The third-order valence-electron chi connectivity index (χ3n) is 3.34. The van der Waals surface area contributed by atoms with Crippen LogP contribution in [0.2, 0.25) is 0 Å². The molecule has 0 radical (unpaired) electrons. The Balaban J connectivity index is 2.31. The van der Waals surface area contributed by atoms with Crippen molar-refractivity contribution in [3.63, 3.8) is 0 Å². The van der Waals surface area contributed by atoms with Crippen LogP contribution in [0, 0.1) is 5.82 Å². The van der Waals surface area contributed by atoms with Crippen molar-refractivity contribution in [2.24, 2.45) is 0 Å². The molecule has 0 unspecified atom stereocenters. The smallest absolute Gasteiger partial charge is 0.163 e. The lowest BCUT2D eigenvalue weighted by Crippen LogP contribution is -2.06. The van der Waals surface area contributed by atoms with Crippen LogP contribution in [-0.2, 0) is 12.8 Å². The van der Waals surface area contributed by atoms with Crippen molar-refractivity contribution in [2.45, 2.75) is 52.4 Å². The van der Waals surface area contributed by atoms with Crippen LogP contribution in [-0.4, -0.2) is 15.0 Å². The highest BCUT2D eigenvalue weighted by atomic mass is 19.1. The van der Waals surface area contributed by atoms with Gasteiger partial charge in [-0.25, -0.2) is 19.3 Å². The molecule has 0 fully saturated rings. The molecule has 1 heterocycles. The van der Waals surface area contributed by atoms with E-state index in [2.05, 4.69) is 28.8 Å². The summed E-state index contributed by atoms with van der Waals surface area (Å²) in [6.07, 6.45) is 6.10. The summed E-state index contributed by atoms with van der Waals surface area (Å²) in [5.41, 5.74) is 0.842. The summed E-state index contributed by atoms with van der Waals surface area (Å²) in [6, 6.07) is 6.32. The van der Waals surface area contributed by atoms with E-state index in [1.54, 1.807) is 12.1 Å². The molecule has 2 aromatic rings. The van der Waals surface area contributed by atoms with Gasteiger partial charge in [0.15, 0.2) is 5.82 Å². The second-order valence-corrected chi connectivity index (χ2v) is 5.21.